The first kappa shape index (κ1) is 38.9. The van der Waals surface area contributed by atoms with Crippen LogP contribution in [0.2, 0.25) is 0 Å². The highest BCUT2D eigenvalue weighted by Crippen LogP contribution is 2.17. The van der Waals surface area contributed by atoms with E-state index in [1.807, 2.05) is 71.9 Å². The average molecular weight is 619 g/mol. The number of benzene rings is 1. The standard InChI is InChI=1S/C34H58N4O6/c1-21(2)16-26(29(39)18-24(7)30(40)35-20-23(5)6)36-32(42)28(19-25-14-12-11-13-15-25)37-31(41)27(17-22(3)4)38-33(43)44-34(8,9)10/h11-15,21-24,26-29,39H,16-20H2,1-10H3,(H,35,40)(H,36,42)(H,37,41)(H,38,43)/t24-,26+,27+,28+,29+/m1/s1. The molecule has 0 saturated carbocycles. The van der Waals surface area contributed by atoms with Gasteiger partial charge in [0.25, 0.3) is 0 Å². The summed E-state index contributed by atoms with van der Waals surface area (Å²) in [5.74, 6) is -1.02. The number of aliphatic hydroxyl groups excluding tert-OH is 1. The smallest absolute Gasteiger partial charge is 0.408 e. The van der Waals surface area contributed by atoms with Gasteiger partial charge in [-0.25, -0.2) is 4.79 Å². The third-order valence-electron chi connectivity index (χ3n) is 6.87. The molecule has 0 aliphatic heterocycles. The SMILES string of the molecule is CC(C)CNC(=O)[C@H](C)C[C@H](O)[C@H](CC(C)C)NC(=O)[C@H](Cc1ccccc1)NC(=O)[C@H](CC(C)C)NC(=O)OC(C)(C)C. The second kappa shape index (κ2) is 18.6. The topological polar surface area (TPSA) is 146 Å². The first-order valence-corrected chi connectivity index (χ1v) is 16.0. The molecule has 0 radical (unpaired) electrons. The average Bonchev–Trinajstić information content (AvgIpc) is 2.89. The van der Waals surface area contributed by atoms with Crippen molar-refractivity contribution in [2.45, 2.75) is 125 Å². The fourth-order valence-electron chi connectivity index (χ4n) is 4.70. The summed E-state index contributed by atoms with van der Waals surface area (Å²) in [5.41, 5.74) is 0.0993. The van der Waals surface area contributed by atoms with E-state index >= 15 is 0 Å². The molecule has 250 valence electrons. The summed E-state index contributed by atoms with van der Waals surface area (Å²) in [6.45, 7) is 19.4. The number of hydrogen-bond donors (Lipinski definition) is 5. The van der Waals surface area contributed by atoms with Gasteiger partial charge in [0, 0.05) is 18.9 Å². The Kier molecular flexibility index (Phi) is 16.5. The van der Waals surface area contributed by atoms with Crippen LogP contribution in [-0.2, 0) is 25.5 Å². The molecule has 10 heteroatoms. The molecule has 0 aliphatic carbocycles. The van der Waals surface area contributed by atoms with Crippen molar-refractivity contribution in [3.05, 3.63) is 35.9 Å². The minimum absolute atomic E-state index is 0.0763. The fourth-order valence-corrected chi connectivity index (χ4v) is 4.70. The zero-order valence-electron chi connectivity index (χ0n) is 28.5. The largest absolute Gasteiger partial charge is 0.444 e. The molecule has 0 fully saturated rings. The van der Waals surface area contributed by atoms with Gasteiger partial charge in [0.05, 0.1) is 12.1 Å². The van der Waals surface area contributed by atoms with Gasteiger partial charge in [0.15, 0.2) is 0 Å². The summed E-state index contributed by atoms with van der Waals surface area (Å²) in [6, 6.07) is 6.79. The Labute approximate surface area is 264 Å². The second-order valence-electron chi connectivity index (χ2n) is 14.2. The van der Waals surface area contributed by atoms with E-state index in [-0.39, 0.29) is 30.6 Å². The molecule has 0 aromatic heterocycles. The lowest BCUT2D eigenvalue weighted by Crippen LogP contribution is -2.57. The summed E-state index contributed by atoms with van der Waals surface area (Å²) < 4.78 is 5.37. The third-order valence-corrected chi connectivity index (χ3v) is 6.87. The molecule has 0 aliphatic rings. The first-order chi connectivity index (χ1) is 20.4. The Morgan fingerprint density at radius 3 is 1.82 bits per heavy atom. The van der Waals surface area contributed by atoms with E-state index in [1.165, 1.54) is 0 Å². The van der Waals surface area contributed by atoms with Crippen molar-refractivity contribution in [1.82, 2.24) is 21.3 Å². The van der Waals surface area contributed by atoms with Crippen LogP contribution in [0.3, 0.4) is 0 Å². The molecule has 0 spiro atoms. The van der Waals surface area contributed by atoms with Crippen molar-refractivity contribution in [3.63, 3.8) is 0 Å². The molecule has 1 aromatic carbocycles. The number of carbonyl (C=O) groups excluding carboxylic acids is 4. The van der Waals surface area contributed by atoms with Crippen molar-refractivity contribution >= 4 is 23.8 Å². The first-order valence-electron chi connectivity index (χ1n) is 16.0. The highest BCUT2D eigenvalue weighted by molar-refractivity contribution is 5.91. The van der Waals surface area contributed by atoms with Crippen LogP contribution in [0, 0.1) is 23.7 Å². The fraction of sp³-hybridized carbons (Fsp3) is 0.706. The lowest BCUT2D eigenvalue weighted by molar-refractivity contribution is -0.131. The molecule has 0 heterocycles. The van der Waals surface area contributed by atoms with Gasteiger partial charge in [-0.2, -0.15) is 0 Å². The molecule has 1 rings (SSSR count). The minimum atomic E-state index is -0.978. The molecule has 4 amide bonds. The maximum atomic E-state index is 13.8. The quantitative estimate of drug-likeness (QED) is 0.176. The van der Waals surface area contributed by atoms with Crippen molar-refractivity contribution < 1.29 is 29.0 Å². The summed E-state index contributed by atoms with van der Waals surface area (Å²) in [6.07, 6.45) is -0.484. The van der Waals surface area contributed by atoms with Crippen LogP contribution < -0.4 is 21.3 Å². The molecular weight excluding hydrogens is 560 g/mol. The number of rotatable bonds is 17. The summed E-state index contributed by atoms with van der Waals surface area (Å²) >= 11 is 0. The van der Waals surface area contributed by atoms with Gasteiger partial charge in [-0.15, -0.1) is 0 Å². The maximum Gasteiger partial charge on any atom is 0.408 e. The van der Waals surface area contributed by atoms with Gasteiger partial charge < -0.3 is 31.1 Å². The number of amides is 4. The number of ether oxygens (including phenoxy) is 1. The normalized spacial score (nSPS) is 15.2. The van der Waals surface area contributed by atoms with Gasteiger partial charge in [-0.3, -0.25) is 14.4 Å². The monoisotopic (exact) mass is 618 g/mol. The Bertz CT molecular complexity index is 1040. The molecule has 44 heavy (non-hydrogen) atoms. The lowest BCUT2D eigenvalue weighted by atomic mass is 9.92. The molecule has 0 bridgehead atoms. The van der Waals surface area contributed by atoms with Crippen LogP contribution in [0.4, 0.5) is 4.79 Å². The second-order valence-corrected chi connectivity index (χ2v) is 14.2. The molecule has 0 saturated heterocycles. The molecule has 1 aromatic rings. The highest BCUT2D eigenvalue weighted by Gasteiger charge is 2.32. The van der Waals surface area contributed by atoms with Crippen LogP contribution in [0.1, 0.15) is 94.1 Å². The molecular formula is C34H58N4O6. The Morgan fingerprint density at radius 2 is 1.30 bits per heavy atom. The van der Waals surface area contributed by atoms with E-state index in [1.54, 1.807) is 27.7 Å². The lowest BCUT2D eigenvalue weighted by Gasteiger charge is -2.30. The predicted octanol–water partition coefficient (Wildman–Crippen LogP) is 4.34. The Balaban J connectivity index is 3.18. The van der Waals surface area contributed by atoms with Crippen molar-refractivity contribution in [3.8, 4) is 0 Å². The van der Waals surface area contributed by atoms with Gasteiger partial charge in [0.2, 0.25) is 17.7 Å². The van der Waals surface area contributed by atoms with Crippen molar-refractivity contribution in [1.29, 1.82) is 0 Å². The number of aliphatic hydroxyl groups is 1. The molecule has 5 N–H and O–H groups in total. The van der Waals surface area contributed by atoms with E-state index < -0.39 is 53.7 Å². The van der Waals surface area contributed by atoms with E-state index in [2.05, 4.69) is 21.3 Å². The minimum Gasteiger partial charge on any atom is -0.444 e. The zero-order valence-corrected chi connectivity index (χ0v) is 28.5. The van der Waals surface area contributed by atoms with Gasteiger partial charge in [-0.1, -0.05) is 78.8 Å². The van der Waals surface area contributed by atoms with Gasteiger partial charge in [-0.05, 0) is 63.4 Å². The maximum absolute atomic E-state index is 13.8. The van der Waals surface area contributed by atoms with Crippen LogP contribution in [0.15, 0.2) is 30.3 Å². The third kappa shape index (κ3) is 16.1. The number of alkyl carbamates (subject to hydrolysis) is 1. The van der Waals surface area contributed by atoms with Crippen molar-refractivity contribution in [2.24, 2.45) is 23.7 Å². The van der Waals surface area contributed by atoms with E-state index in [4.69, 9.17) is 4.74 Å². The number of carbonyl (C=O) groups is 4. The van der Waals surface area contributed by atoms with Crippen LogP contribution in [0.25, 0.3) is 0 Å². The summed E-state index contributed by atoms with van der Waals surface area (Å²) in [7, 11) is 0. The van der Waals surface area contributed by atoms with Crippen LogP contribution >= 0.6 is 0 Å². The predicted molar refractivity (Wildman–Crippen MR) is 174 cm³/mol. The van der Waals surface area contributed by atoms with Gasteiger partial charge in [0.1, 0.15) is 17.7 Å². The Morgan fingerprint density at radius 1 is 0.727 bits per heavy atom. The number of hydrogen-bond acceptors (Lipinski definition) is 6. The van der Waals surface area contributed by atoms with Crippen LogP contribution in [-0.4, -0.2) is 65.3 Å². The molecule has 5 atom stereocenters. The van der Waals surface area contributed by atoms with Gasteiger partial charge >= 0.3 is 6.09 Å². The van der Waals surface area contributed by atoms with E-state index in [0.29, 0.717) is 25.3 Å². The molecule has 10 nitrogen and oxygen atoms in total. The Hall–Kier alpha value is -3.14. The zero-order chi connectivity index (χ0) is 33.6. The summed E-state index contributed by atoms with van der Waals surface area (Å²) in [4.78, 5) is 52.5. The van der Waals surface area contributed by atoms with Crippen LogP contribution in [0.5, 0.6) is 0 Å². The van der Waals surface area contributed by atoms with E-state index in [0.717, 1.165) is 5.56 Å². The van der Waals surface area contributed by atoms with E-state index in [9.17, 15) is 24.3 Å². The van der Waals surface area contributed by atoms with Crippen molar-refractivity contribution in [2.75, 3.05) is 6.54 Å². The summed E-state index contributed by atoms with van der Waals surface area (Å²) in [5, 5.41) is 22.6. The number of nitrogens with one attached hydrogen (secondary N) is 4. The molecule has 0 unspecified atom stereocenters. The highest BCUT2D eigenvalue weighted by atomic mass is 16.6.